The van der Waals surface area contributed by atoms with E-state index in [0.717, 1.165) is 5.56 Å². The number of benzene rings is 1. The van der Waals surface area contributed by atoms with Crippen LogP contribution in [0.4, 0.5) is 0 Å². The highest BCUT2D eigenvalue weighted by molar-refractivity contribution is 5.77. The smallest absolute Gasteiger partial charge is 0.221 e. The second-order valence-corrected chi connectivity index (χ2v) is 6.93. The Morgan fingerprint density at radius 3 is 2.45 bits per heavy atom. The third kappa shape index (κ3) is 4.93. The lowest BCUT2D eigenvalue weighted by atomic mass is 10.0. The Morgan fingerprint density at radius 1 is 1.24 bits per heavy atom. The highest BCUT2D eigenvalue weighted by Crippen LogP contribution is 2.37. The van der Waals surface area contributed by atoms with E-state index in [9.17, 15) is 4.79 Å². The van der Waals surface area contributed by atoms with Gasteiger partial charge in [-0.3, -0.25) is 4.79 Å². The molecule has 1 N–H and O–H groups in total. The van der Waals surface area contributed by atoms with Gasteiger partial charge in [-0.1, -0.05) is 0 Å². The molecule has 3 rings (SSSR count). The van der Waals surface area contributed by atoms with Crippen LogP contribution in [-0.4, -0.2) is 35.3 Å². The zero-order chi connectivity index (χ0) is 20.9. The molecule has 0 fully saturated rings. The second-order valence-electron chi connectivity index (χ2n) is 6.93. The number of terminal acetylenes is 1. The fourth-order valence-electron chi connectivity index (χ4n) is 3.16. The normalized spacial score (nSPS) is 14.7. The van der Waals surface area contributed by atoms with Gasteiger partial charge in [-0.05, 0) is 17.7 Å². The van der Waals surface area contributed by atoms with Crippen molar-refractivity contribution in [1.29, 1.82) is 0 Å². The lowest BCUT2D eigenvalue weighted by Crippen LogP contribution is -2.32. The maximum Gasteiger partial charge on any atom is 0.221 e. The first-order chi connectivity index (χ1) is 14.0. The second kappa shape index (κ2) is 8.78. The molecule has 0 saturated carbocycles. The van der Waals surface area contributed by atoms with Crippen molar-refractivity contribution in [3.63, 3.8) is 0 Å². The number of methoxy groups -OCH3 is 2. The molecule has 1 amide bonds. The zero-order valence-electron chi connectivity index (χ0n) is 16.9. The number of hydrogen-bond donors (Lipinski definition) is 1. The molecule has 152 valence electrons. The van der Waals surface area contributed by atoms with Crippen LogP contribution in [0, 0.1) is 12.3 Å². The monoisotopic (exact) mass is 395 g/mol. The number of carbonyl (C=O) groups excluding carboxylic acids is 1. The van der Waals surface area contributed by atoms with Crippen molar-refractivity contribution < 1.29 is 14.3 Å². The van der Waals surface area contributed by atoms with Gasteiger partial charge < -0.3 is 19.4 Å². The molecule has 0 bridgehead atoms. The molecule has 0 saturated heterocycles. The number of nitrogens with zero attached hydrogens (tertiary/aromatic N) is 4. The van der Waals surface area contributed by atoms with Crippen molar-refractivity contribution in [3.05, 3.63) is 42.0 Å². The number of aromatic nitrogens is 2. The van der Waals surface area contributed by atoms with E-state index in [0.29, 0.717) is 43.0 Å². The highest BCUT2D eigenvalue weighted by atomic mass is 16.5. The van der Waals surface area contributed by atoms with Gasteiger partial charge >= 0.3 is 0 Å². The fourth-order valence-corrected chi connectivity index (χ4v) is 3.16. The minimum Gasteiger partial charge on any atom is -0.497 e. The summed E-state index contributed by atoms with van der Waals surface area (Å²) in [7, 11) is 5.06. The van der Waals surface area contributed by atoms with Crippen LogP contribution >= 0.6 is 0 Å². The van der Waals surface area contributed by atoms with Gasteiger partial charge in [-0.25, -0.2) is 4.98 Å². The number of carbonyl (C=O) groups is 1. The average molecular weight is 395 g/mol. The summed E-state index contributed by atoms with van der Waals surface area (Å²) in [5.41, 5.74) is 0.327. The van der Waals surface area contributed by atoms with Crippen molar-refractivity contribution in [2.24, 2.45) is 17.3 Å². The van der Waals surface area contributed by atoms with Crippen LogP contribution < -0.4 is 14.8 Å². The van der Waals surface area contributed by atoms with Crippen LogP contribution in [0.5, 0.6) is 11.5 Å². The molecule has 0 spiro atoms. The molecule has 1 unspecified atom stereocenters. The molecule has 29 heavy (non-hydrogen) atoms. The summed E-state index contributed by atoms with van der Waals surface area (Å²) in [6, 6.07) is 5.05. The van der Waals surface area contributed by atoms with E-state index in [1.54, 1.807) is 26.5 Å². The molecule has 0 radical (unpaired) electrons. The van der Waals surface area contributed by atoms with E-state index >= 15 is 0 Å². The van der Waals surface area contributed by atoms with E-state index in [4.69, 9.17) is 15.9 Å². The molecular weight excluding hydrogens is 370 g/mol. The first-order valence-electron chi connectivity index (χ1n) is 9.37. The molecule has 8 nitrogen and oxygen atoms in total. The Kier molecular flexibility index (Phi) is 6.17. The van der Waals surface area contributed by atoms with E-state index in [2.05, 4.69) is 26.4 Å². The maximum atomic E-state index is 12.8. The Morgan fingerprint density at radius 2 is 1.93 bits per heavy atom. The van der Waals surface area contributed by atoms with Crippen molar-refractivity contribution in [2.75, 3.05) is 14.2 Å². The number of hydrogen-bond acceptors (Lipinski definition) is 6. The number of ether oxygens (including phenoxy) is 2. The lowest BCUT2D eigenvalue weighted by Gasteiger charge is -2.21. The van der Waals surface area contributed by atoms with Crippen LogP contribution in [0.3, 0.4) is 0 Å². The fraction of sp³-hybridized carbons (Fsp3) is 0.429. The highest BCUT2D eigenvalue weighted by Gasteiger charge is 2.39. The summed E-state index contributed by atoms with van der Waals surface area (Å²) in [5, 5.41) is 11.3. The summed E-state index contributed by atoms with van der Waals surface area (Å²) >= 11 is 0. The Labute approximate surface area is 170 Å². The van der Waals surface area contributed by atoms with E-state index in [1.165, 1.54) is 0 Å². The maximum absolute atomic E-state index is 12.8. The first kappa shape index (κ1) is 20.4. The summed E-state index contributed by atoms with van der Waals surface area (Å²) < 4.78 is 12.6. The molecule has 1 aromatic carbocycles. The van der Waals surface area contributed by atoms with Crippen molar-refractivity contribution in [3.8, 4) is 23.8 Å². The van der Waals surface area contributed by atoms with Gasteiger partial charge in [0.1, 0.15) is 23.4 Å². The minimum atomic E-state index is -0.485. The van der Waals surface area contributed by atoms with E-state index in [1.807, 2.05) is 29.9 Å². The van der Waals surface area contributed by atoms with Gasteiger partial charge in [0.25, 0.3) is 0 Å². The number of aryl methyl sites for hydroxylation is 1. The molecule has 8 heteroatoms. The van der Waals surface area contributed by atoms with E-state index in [-0.39, 0.29) is 5.91 Å². The summed E-state index contributed by atoms with van der Waals surface area (Å²) in [5.74, 6) is 4.46. The van der Waals surface area contributed by atoms with Crippen molar-refractivity contribution in [1.82, 2.24) is 14.9 Å². The molecule has 0 aliphatic carbocycles. The topological polar surface area (TPSA) is 90.1 Å². The van der Waals surface area contributed by atoms with Gasteiger partial charge in [0, 0.05) is 51.2 Å². The number of amides is 1. The zero-order valence-corrected chi connectivity index (χ0v) is 16.9. The predicted molar refractivity (Wildman–Crippen MR) is 108 cm³/mol. The Balaban J connectivity index is 1.78. The van der Waals surface area contributed by atoms with Gasteiger partial charge in [-0.2, -0.15) is 10.2 Å². The van der Waals surface area contributed by atoms with Gasteiger partial charge in [0.05, 0.1) is 14.2 Å². The largest absolute Gasteiger partial charge is 0.497 e. The standard InChI is InChI=1S/C21H25N5O3/c1-5-6-8-21(24-25-21)9-7-18(27)23-19(20-22-10-11-26(20)2)15-12-16(28-3)14-17(13-15)29-4/h1,10-14,19H,6-9H2,2-4H3,(H,23,27). The number of imidazole rings is 1. The minimum absolute atomic E-state index is 0.114. The lowest BCUT2D eigenvalue weighted by molar-refractivity contribution is -0.121. The van der Waals surface area contributed by atoms with Crippen LogP contribution in [0.25, 0.3) is 0 Å². The Hall–Kier alpha value is -3.34. The van der Waals surface area contributed by atoms with Crippen molar-refractivity contribution >= 4 is 5.91 Å². The number of nitrogens with one attached hydrogen (secondary N) is 1. The third-order valence-corrected chi connectivity index (χ3v) is 4.93. The SMILES string of the molecule is C#CCCC1(CCC(=O)NC(c2cc(OC)cc(OC)c2)c2nccn2C)N=N1. The molecular formula is C21H25N5O3. The summed E-state index contributed by atoms with van der Waals surface area (Å²) in [6.45, 7) is 0. The molecule has 2 aromatic rings. The van der Waals surface area contributed by atoms with Gasteiger partial charge in [-0.15, -0.1) is 12.3 Å². The molecule has 1 aromatic heterocycles. The van der Waals surface area contributed by atoms with E-state index < -0.39 is 11.7 Å². The van der Waals surface area contributed by atoms with Crippen LogP contribution in [0.15, 0.2) is 40.8 Å². The molecule has 1 atom stereocenters. The molecule has 1 aliphatic heterocycles. The van der Waals surface area contributed by atoms with Crippen molar-refractivity contribution in [2.45, 2.75) is 37.4 Å². The van der Waals surface area contributed by atoms with Crippen LogP contribution in [-0.2, 0) is 11.8 Å². The molecule has 1 aliphatic rings. The quantitative estimate of drug-likeness (QED) is 0.626. The Bertz CT molecular complexity index is 916. The van der Waals surface area contributed by atoms with Crippen LogP contribution in [0.1, 0.15) is 43.1 Å². The third-order valence-electron chi connectivity index (χ3n) is 4.93. The van der Waals surface area contributed by atoms with Gasteiger partial charge in [0.15, 0.2) is 5.66 Å². The summed E-state index contributed by atoms with van der Waals surface area (Å²) in [4.78, 5) is 17.2. The number of rotatable bonds is 10. The predicted octanol–water partition coefficient (Wildman–Crippen LogP) is 3.00. The van der Waals surface area contributed by atoms with Crippen LogP contribution in [0.2, 0.25) is 0 Å². The summed E-state index contributed by atoms with van der Waals surface area (Å²) in [6.07, 6.45) is 10.9. The molecule has 2 heterocycles. The first-order valence-corrected chi connectivity index (χ1v) is 9.37. The average Bonchev–Trinajstić information content (AvgIpc) is 3.40. The van der Waals surface area contributed by atoms with Gasteiger partial charge in [0.2, 0.25) is 5.91 Å².